The molecule has 0 bridgehead atoms. The van der Waals surface area contributed by atoms with Crippen LogP contribution in [0.4, 0.5) is 17.3 Å². The molecule has 1 aliphatic rings. The number of carboxylic acid groups (broad SMARTS) is 5. The fraction of sp³-hybridized carbons (Fsp3) is 0.447. The highest BCUT2D eigenvalue weighted by atomic mass is 32.1. The normalized spacial score (nSPS) is 15.1. The van der Waals surface area contributed by atoms with Gasteiger partial charge in [0.2, 0.25) is 11.9 Å². The average molecular weight is 1050 g/mol. The Morgan fingerprint density at radius 3 is 1.84 bits per heavy atom. The summed E-state index contributed by atoms with van der Waals surface area (Å²) in [6.07, 6.45) is 2.58. The monoisotopic (exact) mass is 1050 g/mol. The van der Waals surface area contributed by atoms with E-state index < -0.39 is 59.3 Å². The lowest BCUT2D eigenvalue weighted by Crippen LogP contribution is -2.51. The minimum absolute atomic E-state index is 0.0313. The largest absolute Gasteiger partial charge is 0.480 e. The van der Waals surface area contributed by atoms with Gasteiger partial charge in [-0.2, -0.15) is 4.98 Å². The van der Waals surface area contributed by atoms with Gasteiger partial charge in [0.05, 0.1) is 43.1 Å². The molecular weight excluding hydrogens is 987 g/mol. The number of nitrogens with one attached hydrogen (secondary N) is 5. The number of carbonyl (C=O) groups excluding carboxylic acids is 2. The summed E-state index contributed by atoms with van der Waals surface area (Å²) in [6.45, 7) is 1.07. The number of nitrogens with two attached hydrogens (primary N) is 1. The number of H-pyrrole nitrogens is 1. The molecular formula is C47H61N13O13S. The second kappa shape index (κ2) is 28.5. The van der Waals surface area contributed by atoms with E-state index in [1.165, 1.54) is 18.3 Å². The molecule has 398 valence electrons. The summed E-state index contributed by atoms with van der Waals surface area (Å²) >= 11 is 5.51. The van der Waals surface area contributed by atoms with Crippen LogP contribution in [0.3, 0.4) is 0 Å². The van der Waals surface area contributed by atoms with Gasteiger partial charge in [0, 0.05) is 82.3 Å². The molecule has 74 heavy (non-hydrogen) atoms. The quantitative estimate of drug-likeness (QED) is 0.0309. The molecule has 1 saturated heterocycles. The van der Waals surface area contributed by atoms with Crippen molar-refractivity contribution in [2.75, 3.05) is 94.9 Å². The Morgan fingerprint density at radius 1 is 0.716 bits per heavy atom. The molecule has 1 fully saturated rings. The summed E-state index contributed by atoms with van der Waals surface area (Å²) in [5, 5.41) is 60.1. The third-order valence-electron chi connectivity index (χ3n) is 11.9. The lowest BCUT2D eigenvalue weighted by molar-refractivity contribution is -0.145. The molecule has 27 heteroatoms. The molecule has 0 saturated carbocycles. The summed E-state index contributed by atoms with van der Waals surface area (Å²) in [4.78, 5) is 119. The number of fused-ring (bicyclic) bond motifs is 1. The number of aromatic nitrogens is 4. The lowest BCUT2D eigenvalue weighted by Gasteiger charge is -2.35. The molecule has 1 aliphatic heterocycles. The topological polar surface area (TPSA) is 379 Å². The minimum atomic E-state index is -1.33. The number of thiocarbonyl (C=S) groups is 1. The average Bonchev–Trinajstić information content (AvgIpc) is 3.34. The number of benzene rings is 2. The first-order chi connectivity index (χ1) is 35.3. The van der Waals surface area contributed by atoms with Crippen molar-refractivity contribution >= 4 is 87.4 Å². The molecule has 26 nitrogen and oxygen atoms in total. The number of anilines is 3. The number of hydrogen-bond donors (Lipinski definition) is 11. The molecule has 3 heterocycles. The first kappa shape index (κ1) is 57.2. The van der Waals surface area contributed by atoms with Gasteiger partial charge in [0.1, 0.15) is 12.1 Å². The Kier molecular flexibility index (Phi) is 22.0. The lowest BCUT2D eigenvalue weighted by atomic mass is 10.0. The van der Waals surface area contributed by atoms with Crippen molar-refractivity contribution in [2.45, 2.75) is 57.2 Å². The van der Waals surface area contributed by atoms with Gasteiger partial charge in [0.25, 0.3) is 11.5 Å². The minimum Gasteiger partial charge on any atom is -0.480 e. The van der Waals surface area contributed by atoms with Crippen LogP contribution in [-0.2, 0) is 41.7 Å². The predicted molar refractivity (Wildman–Crippen MR) is 273 cm³/mol. The van der Waals surface area contributed by atoms with Crippen molar-refractivity contribution in [1.82, 2.24) is 50.2 Å². The van der Waals surface area contributed by atoms with Crippen LogP contribution in [-0.4, -0.2) is 202 Å². The van der Waals surface area contributed by atoms with Gasteiger partial charge in [-0.3, -0.25) is 58.1 Å². The van der Waals surface area contributed by atoms with Gasteiger partial charge < -0.3 is 52.5 Å². The second-order valence-electron chi connectivity index (χ2n) is 17.5. The summed E-state index contributed by atoms with van der Waals surface area (Å²) in [6, 6.07) is 11.2. The van der Waals surface area contributed by atoms with Crippen molar-refractivity contribution in [2.24, 2.45) is 0 Å². The molecule has 2 atom stereocenters. The maximum Gasteiger partial charge on any atom is 0.326 e. The Bertz CT molecular complexity index is 2640. The number of nitrogens with zero attached hydrogens (tertiary/aromatic N) is 7. The summed E-state index contributed by atoms with van der Waals surface area (Å²) < 4.78 is 0. The van der Waals surface area contributed by atoms with E-state index in [1.54, 1.807) is 43.9 Å². The Hall–Kier alpha value is -7.72. The van der Waals surface area contributed by atoms with Gasteiger partial charge in [-0.25, -0.2) is 14.8 Å². The van der Waals surface area contributed by atoms with Crippen molar-refractivity contribution in [3.63, 3.8) is 0 Å². The molecule has 1 unspecified atom stereocenters. The van der Waals surface area contributed by atoms with Crippen LogP contribution in [0, 0.1) is 0 Å². The number of nitrogen functional groups attached to an aromatic ring is 1. The molecule has 12 N–H and O–H groups in total. The van der Waals surface area contributed by atoms with E-state index in [2.05, 4.69) is 41.2 Å². The SMILES string of the molecule is Nc1nc2ncc(CNc3ccc(C(=O)N[C@@H](CCC(=O)NCCCC(=S)Nc4ccc(CCC(C(=O)O)N5CCN(CC(=O)O)CCN(CC(=O)O)CCN(CC(=O)O)CC5)cc4)C(=O)O)cc3)nc2c(=O)[nH]1. The molecule has 0 radical (unpaired) electrons. The molecule has 2 amide bonds. The number of aryl methyl sites for hydroxylation is 1. The predicted octanol–water partition coefficient (Wildman–Crippen LogP) is 0.0677. The summed E-state index contributed by atoms with van der Waals surface area (Å²) in [7, 11) is 0. The van der Waals surface area contributed by atoms with Crippen LogP contribution in [0.5, 0.6) is 0 Å². The number of rotatable bonds is 25. The number of aliphatic carboxylic acids is 5. The molecule has 5 rings (SSSR count). The van der Waals surface area contributed by atoms with Crippen LogP contribution in [0.15, 0.2) is 59.5 Å². The second-order valence-corrected chi connectivity index (χ2v) is 17.9. The Balaban J connectivity index is 1.03. The van der Waals surface area contributed by atoms with Gasteiger partial charge in [0.15, 0.2) is 11.2 Å². The van der Waals surface area contributed by atoms with Crippen LogP contribution < -0.4 is 32.6 Å². The van der Waals surface area contributed by atoms with E-state index in [4.69, 9.17) is 18.0 Å². The van der Waals surface area contributed by atoms with Crippen molar-refractivity contribution in [1.29, 1.82) is 0 Å². The maximum absolute atomic E-state index is 12.9. The Morgan fingerprint density at radius 2 is 1.28 bits per heavy atom. The van der Waals surface area contributed by atoms with Gasteiger partial charge in [-0.05, 0) is 74.1 Å². The van der Waals surface area contributed by atoms with Gasteiger partial charge in [-0.15, -0.1) is 0 Å². The zero-order chi connectivity index (χ0) is 53.7. The van der Waals surface area contributed by atoms with Crippen molar-refractivity contribution < 1.29 is 59.1 Å². The fourth-order valence-corrected chi connectivity index (χ4v) is 8.25. The number of hydrogen-bond acceptors (Lipinski definition) is 18. The summed E-state index contributed by atoms with van der Waals surface area (Å²) in [5.41, 5.74) is 7.93. The Labute approximate surface area is 429 Å². The zero-order valence-electron chi connectivity index (χ0n) is 40.4. The third-order valence-corrected chi connectivity index (χ3v) is 12.2. The highest BCUT2D eigenvalue weighted by Crippen LogP contribution is 2.17. The highest BCUT2D eigenvalue weighted by Gasteiger charge is 2.28. The van der Waals surface area contributed by atoms with Crippen LogP contribution in [0.2, 0.25) is 0 Å². The number of amides is 2. The van der Waals surface area contributed by atoms with Crippen LogP contribution in [0.1, 0.15) is 53.7 Å². The van der Waals surface area contributed by atoms with Crippen LogP contribution >= 0.6 is 12.2 Å². The molecule has 0 aliphatic carbocycles. The zero-order valence-corrected chi connectivity index (χ0v) is 41.2. The fourth-order valence-electron chi connectivity index (χ4n) is 7.98. The van der Waals surface area contributed by atoms with Gasteiger partial charge in [-0.1, -0.05) is 24.4 Å². The third kappa shape index (κ3) is 19.4. The van der Waals surface area contributed by atoms with E-state index in [-0.39, 0.29) is 127 Å². The van der Waals surface area contributed by atoms with E-state index in [0.29, 0.717) is 41.3 Å². The highest BCUT2D eigenvalue weighted by molar-refractivity contribution is 7.80. The smallest absolute Gasteiger partial charge is 0.326 e. The van der Waals surface area contributed by atoms with E-state index in [1.807, 2.05) is 12.1 Å². The standard InChI is InChI=1S/C47H61N13O13S/c48-47-55-42-41(44(69)56-47)53-33(25-51-42)24-50-31-10-6-30(7-11-31)43(68)54-34(45(70)71)12-14-36(61)49-15-1-2-37(74)52-32-8-3-29(4-9-32)5-13-35(46(72)73)60-22-20-58(27-39(64)65)18-16-57(26-38(62)63)17-19-59(21-23-60)28-40(66)67/h3-4,6-11,25,34-35,50H,1-2,5,12-24,26-28H2,(H,49,61)(H,52,74)(H,54,68)(H,62,63)(H,64,65)(H,66,67)(H,70,71)(H,72,73)(H3,48,51,55,56,69)/t34-,35?/m0/s1. The van der Waals surface area contributed by atoms with Gasteiger partial charge >= 0.3 is 29.8 Å². The first-order valence-corrected chi connectivity index (χ1v) is 24.1. The van der Waals surface area contributed by atoms with E-state index in [9.17, 15) is 63.9 Å². The number of carboxylic acids is 5. The number of aromatic amines is 1. The van der Waals surface area contributed by atoms with Crippen molar-refractivity contribution in [3.8, 4) is 0 Å². The first-order valence-electron chi connectivity index (χ1n) is 23.7. The van der Waals surface area contributed by atoms with Crippen LogP contribution in [0.25, 0.3) is 11.2 Å². The molecule has 4 aromatic rings. The van der Waals surface area contributed by atoms with Crippen molar-refractivity contribution in [3.05, 3.63) is 81.9 Å². The maximum atomic E-state index is 12.9. The van der Waals surface area contributed by atoms with E-state index in [0.717, 1.165) is 5.56 Å². The molecule has 0 spiro atoms. The molecule has 2 aromatic heterocycles. The summed E-state index contributed by atoms with van der Waals surface area (Å²) in [5.74, 6) is -6.75. The number of carbonyl (C=O) groups is 7. The molecule has 2 aromatic carbocycles. The van der Waals surface area contributed by atoms with E-state index >= 15 is 0 Å².